The van der Waals surface area contributed by atoms with Crippen molar-refractivity contribution in [2.45, 2.75) is 13.0 Å². The molecule has 0 bridgehead atoms. The number of nitrogens with two attached hydrogens (primary N) is 1. The van der Waals surface area contributed by atoms with E-state index < -0.39 is 0 Å². The Balaban J connectivity index is 2.31. The number of hydrogen-bond acceptors (Lipinski definition) is 3. The minimum atomic E-state index is -0.00120. The van der Waals surface area contributed by atoms with Gasteiger partial charge in [-0.2, -0.15) is 5.10 Å². The highest BCUT2D eigenvalue weighted by Crippen LogP contribution is 2.18. The molecular formula is C10H13N3O. The molecule has 0 aromatic carbocycles. The number of hydrogen-bond donors (Lipinski definition) is 1. The van der Waals surface area contributed by atoms with Crippen LogP contribution in [0.5, 0.6) is 0 Å². The number of furan rings is 1. The Morgan fingerprint density at radius 2 is 2.43 bits per heavy atom. The van der Waals surface area contributed by atoms with Gasteiger partial charge in [-0.3, -0.25) is 4.68 Å². The van der Waals surface area contributed by atoms with Crippen LogP contribution in [0.15, 0.2) is 35.0 Å². The second-order valence-corrected chi connectivity index (χ2v) is 3.19. The first kappa shape index (κ1) is 9.02. The molecule has 2 N–H and O–H groups in total. The summed E-state index contributed by atoms with van der Waals surface area (Å²) in [5, 5.41) is 4.15. The SMILES string of the molecule is Cc1ccc(C(CN)n2cccn2)o1. The predicted octanol–water partition coefficient (Wildman–Crippen LogP) is 1.33. The zero-order chi connectivity index (χ0) is 9.97. The largest absolute Gasteiger partial charge is 0.464 e. The van der Waals surface area contributed by atoms with Crippen LogP contribution in [0.3, 0.4) is 0 Å². The summed E-state index contributed by atoms with van der Waals surface area (Å²) >= 11 is 0. The molecule has 0 spiro atoms. The maximum absolute atomic E-state index is 5.68. The van der Waals surface area contributed by atoms with Crippen molar-refractivity contribution in [1.82, 2.24) is 9.78 Å². The molecule has 1 atom stereocenters. The Labute approximate surface area is 82.3 Å². The van der Waals surface area contributed by atoms with Crippen molar-refractivity contribution >= 4 is 0 Å². The van der Waals surface area contributed by atoms with E-state index in [0.29, 0.717) is 6.54 Å². The Kier molecular flexibility index (Phi) is 2.37. The minimum absolute atomic E-state index is 0.00120. The smallest absolute Gasteiger partial charge is 0.130 e. The Morgan fingerprint density at radius 1 is 1.57 bits per heavy atom. The summed E-state index contributed by atoms with van der Waals surface area (Å²) in [6.07, 6.45) is 3.62. The van der Waals surface area contributed by atoms with Crippen molar-refractivity contribution in [1.29, 1.82) is 0 Å². The number of rotatable bonds is 3. The highest BCUT2D eigenvalue weighted by Gasteiger charge is 2.15. The van der Waals surface area contributed by atoms with Crippen LogP contribution >= 0.6 is 0 Å². The van der Waals surface area contributed by atoms with Crippen molar-refractivity contribution in [3.05, 3.63) is 42.1 Å². The first-order valence-corrected chi connectivity index (χ1v) is 4.57. The standard InChI is InChI=1S/C10H13N3O/c1-8-3-4-10(14-8)9(7-11)13-6-2-5-12-13/h2-6,9H,7,11H2,1H3. The van der Waals surface area contributed by atoms with E-state index in [1.807, 2.05) is 31.3 Å². The molecule has 2 heterocycles. The summed E-state index contributed by atoms with van der Waals surface area (Å²) in [6, 6.07) is 5.74. The van der Waals surface area contributed by atoms with Gasteiger partial charge in [0.05, 0.1) is 0 Å². The third kappa shape index (κ3) is 1.56. The molecule has 0 fully saturated rings. The molecule has 4 heteroatoms. The summed E-state index contributed by atoms with van der Waals surface area (Å²) in [4.78, 5) is 0. The Bertz CT molecular complexity index is 391. The van der Waals surface area contributed by atoms with Gasteiger partial charge in [-0.15, -0.1) is 0 Å². The second-order valence-electron chi connectivity index (χ2n) is 3.19. The van der Waals surface area contributed by atoms with E-state index in [9.17, 15) is 0 Å². The second kappa shape index (κ2) is 3.67. The maximum Gasteiger partial charge on any atom is 0.130 e. The van der Waals surface area contributed by atoms with Gasteiger partial charge >= 0.3 is 0 Å². The van der Waals surface area contributed by atoms with Gasteiger partial charge in [-0.05, 0) is 25.1 Å². The molecule has 2 aromatic rings. The number of nitrogens with zero attached hydrogens (tertiary/aromatic N) is 2. The van der Waals surface area contributed by atoms with E-state index in [1.165, 1.54) is 0 Å². The van der Waals surface area contributed by atoms with Gasteiger partial charge in [0.15, 0.2) is 0 Å². The Hall–Kier alpha value is -1.55. The van der Waals surface area contributed by atoms with Gasteiger partial charge in [0, 0.05) is 18.9 Å². The molecule has 0 aliphatic carbocycles. The third-order valence-corrected chi connectivity index (χ3v) is 2.16. The van der Waals surface area contributed by atoms with E-state index in [-0.39, 0.29) is 6.04 Å². The van der Waals surface area contributed by atoms with Crippen LogP contribution in [-0.4, -0.2) is 16.3 Å². The zero-order valence-corrected chi connectivity index (χ0v) is 8.05. The van der Waals surface area contributed by atoms with E-state index >= 15 is 0 Å². The maximum atomic E-state index is 5.68. The average Bonchev–Trinajstić information content (AvgIpc) is 2.79. The van der Waals surface area contributed by atoms with E-state index in [0.717, 1.165) is 11.5 Å². The van der Waals surface area contributed by atoms with Crippen LogP contribution in [0.1, 0.15) is 17.6 Å². The molecule has 4 nitrogen and oxygen atoms in total. The van der Waals surface area contributed by atoms with Crippen LogP contribution in [0.2, 0.25) is 0 Å². The summed E-state index contributed by atoms with van der Waals surface area (Å²) in [5.41, 5.74) is 5.68. The summed E-state index contributed by atoms with van der Waals surface area (Å²) in [6.45, 7) is 2.40. The topological polar surface area (TPSA) is 57.0 Å². The molecule has 0 radical (unpaired) electrons. The average molecular weight is 191 g/mol. The van der Waals surface area contributed by atoms with Crippen molar-refractivity contribution in [3.63, 3.8) is 0 Å². The molecule has 0 amide bonds. The summed E-state index contributed by atoms with van der Waals surface area (Å²) in [5.74, 6) is 1.75. The Morgan fingerprint density at radius 3 is 2.93 bits per heavy atom. The molecule has 0 aliphatic heterocycles. The molecule has 14 heavy (non-hydrogen) atoms. The molecule has 2 aromatic heterocycles. The fraction of sp³-hybridized carbons (Fsp3) is 0.300. The van der Waals surface area contributed by atoms with E-state index in [2.05, 4.69) is 5.10 Å². The van der Waals surface area contributed by atoms with Gasteiger partial charge < -0.3 is 10.2 Å². The molecule has 0 saturated heterocycles. The quantitative estimate of drug-likeness (QED) is 0.796. The van der Waals surface area contributed by atoms with Gasteiger partial charge in [-0.1, -0.05) is 0 Å². The lowest BCUT2D eigenvalue weighted by Crippen LogP contribution is -2.20. The van der Waals surface area contributed by atoms with Gasteiger partial charge in [0.1, 0.15) is 17.6 Å². The van der Waals surface area contributed by atoms with Crippen LogP contribution in [0.25, 0.3) is 0 Å². The fourth-order valence-corrected chi connectivity index (χ4v) is 1.45. The first-order chi connectivity index (χ1) is 6.81. The molecular weight excluding hydrogens is 178 g/mol. The molecule has 2 rings (SSSR count). The van der Waals surface area contributed by atoms with Crippen LogP contribution in [0, 0.1) is 6.92 Å². The summed E-state index contributed by atoms with van der Waals surface area (Å²) in [7, 11) is 0. The normalized spacial score (nSPS) is 13.0. The van der Waals surface area contributed by atoms with Gasteiger partial charge in [0.2, 0.25) is 0 Å². The third-order valence-electron chi connectivity index (χ3n) is 2.16. The minimum Gasteiger partial charge on any atom is -0.464 e. The molecule has 0 aliphatic rings. The van der Waals surface area contributed by atoms with Crippen molar-refractivity contribution in [3.8, 4) is 0 Å². The lowest BCUT2D eigenvalue weighted by atomic mass is 10.2. The zero-order valence-electron chi connectivity index (χ0n) is 8.05. The lowest BCUT2D eigenvalue weighted by Gasteiger charge is -2.12. The molecule has 74 valence electrons. The van der Waals surface area contributed by atoms with Crippen LogP contribution in [0.4, 0.5) is 0 Å². The fourth-order valence-electron chi connectivity index (χ4n) is 1.45. The molecule has 1 unspecified atom stereocenters. The first-order valence-electron chi connectivity index (χ1n) is 4.57. The van der Waals surface area contributed by atoms with Gasteiger partial charge in [0.25, 0.3) is 0 Å². The lowest BCUT2D eigenvalue weighted by molar-refractivity contribution is 0.398. The van der Waals surface area contributed by atoms with E-state index in [1.54, 1.807) is 10.9 Å². The van der Waals surface area contributed by atoms with Crippen molar-refractivity contribution < 1.29 is 4.42 Å². The number of aryl methyl sites for hydroxylation is 1. The van der Waals surface area contributed by atoms with Crippen LogP contribution < -0.4 is 5.73 Å². The van der Waals surface area contributed by atoms with Crippen molar-refractivity contribution in [2.75, 3.05) is 6.54 Å². The van der Waals surface area contributed by atoms with Gasteiger partial charge in [-0.25, -0.2) is 0 Å². The summed E-state index contributed by atoms with van der Waals surface area (Å²) < 4.78 is 7.32. The molecule has 0 saturated carbocycles. The monoisotopic (exact) mass is 191 g/mol. The van der Waals surface area contributed by atoms with E-state index in [4.69, 9.17) is 10.2 Å². The highest BCUT2D eigenvalue weighted by atomic mass is 16.3. The number of aromatic nitrogens is 2. The predicted molar refractivity (Wildman–Crippen MR) is 52.9 cm³/mol. The highest BCUT2D eigenvalue weighted by molar-refractivity contribution is 5.11. The van der Waals surface area contributed by atoms with Crippen molar-refractivity contribution in [2.24, 2.45) is 5.73 Å². The van der Waals surface area contributed by atoms with Crippen LogP contribution in [-0.2, 0) is 0 Å².